The minimum absolute atomic E-state index is 0.335. The number of likely N-dealkylation sites (tertiary alicyclic amines) is 1. The van der Waals surface area contributed by atoms with Crippen LogP contribution in [0.2, 0.25) is 0 Å². The van der Waals surface area contributed by atoms with Gasteiger partial charge in [0, 0.05) is 43.8 Å². The van der Waals surface area contributed by atoms with Crippen LogP contribution in [0.25, 0.3) is 0 Å². The van der Waals surface area contributed by atoms with Crippen LogP contribution in [0.4, 0.5) is 22.0 Å². The molecule has 3 aromatic rings. The van der Waals surface area contributed by atoms with E-state index in [1.54, 1.807) is 6.20 Å². The number of piperidine rings is 1. The minimum Gasteiger partial charge on any atom is -0.365 e. The highest BCUT2D eigenvalue weighted by atomic mass is 19.4. The third-order valence-corrected chi connectivity index (χ3v) is 7.03. The van der Waals surface area contributed by atoms with Crippen molar-refractivity contribution in [3.8, 4) is 0 Å². The van der Waals surface area contributed by atoms with E-state index in [2.05, 4.69) is 14.9 Å². The Labute approximate surface area is 198 Å². The summed E-state index contributed by atoms with van der Waals surface area (Å²) in [5, 5.41) is 0. The van der Waals surface area contributed by atoms with E-state index in [1.165, 1.54) is 18.3 Å². The standard InChI is InChI=1S/C25H23F5N4O/c26-20-3-2-18(11-21(20)27)24(31,25(28,29)30)22-4-1-16(12-33-22)14-34-9-6-23(7-10-34)19-13-32-8-5-17(19)15-35-23/h1-5,8,11-13H,6-7,9-10,14-15,31H2/t24-/m0/s1. The van der Waals surface area contributed by atoms with Gasteiger partial charge in [-0.3, -0.25) is 14.9 Å². The van der Waals surface area contributed by atoms with Crippen molar-refractivity contribution < 1.29 is 26.7 Å². The molecule has 10 heteroatoms. The lowest BCUT2D eigenvalue weighted by molar-refractivity contribution is -0.177. The van der Waals surface area contributed by atoms with Crippen molar-refractivity contribution in [1.29, 1.82) is 0 Å². The van der Waals surface area contributed by atoms with E-state index in [9.17, 15) is 22.0 Å². The van der Waals surface area contributed by atoms with Crippen molar-refractivity contribution in [2.75, 3.05) is 13.1 Å². The number of alkyl halides is 3. The number of rotatable bonds is 4. The van der Waals surface area contributed by atoms with Crippen molar-refractivity contribution in [3.05, 3.63) is 94.6 Å². The Balaban J connectivity index is 1.31. The van der Waals surface area contributed by atoms with Gasteiger partial charge in [-0.1, -0.05) is 12.1 Å². The molecule has 1 aromatic carbocycles. The molecule has 0 bridgehead atoms. The van der Waals surface area contributed by atoms with E-state index in [0.717, 1.165) is 43.1 Å². The first-order valence-electron chi connectivity index (χ1n) is 11.2. The second-order valence-electron chi connectivity index (χ2n) is 9.08. The molecule has 2 aliphatic heterocycles. The predicted octanol–water partition coefficient (Wildman–Crippen LogP) is 4.54. The second-order valence-corrected chi connectivity index (χ2v) is 9.08. The zero-order chi connectivity index (χ0) is 24.8. The number of nitrogens with two attached hydrogens (primary N) is 1. The molecule has 0 unspecified atom stereocenters. The number of nitrogens with zero attached hydrogens (tertiary/aromatic N) is 3. The van der Waals surface area contributed by atoms with E-state index in [4.69, 9.17) is 10.5 Å². The third kappa shape index (κ3) is 4.09. The fraction of sp³-hybridized carbons (Fsp3) is 0.360. The van der Waals surface area contributed by atoms with E-state index >= 15 is 0 Å². The Bertz CT molecular complexity index is 1230. The van der Waals surface area contributed by atoms with Gasteiger partial charge in [0.1, 0.15) is 0 Å². The topological polar surface area (TPSA) is 64.3 Å². The van der Waals surface area contributed by atoms with Crippen LogP contribution < -0.4 is 5.73 Å². The number of benzene rings is 1. The van der Waals surface area contributed by atoms with Gasteiger partial charge >= 0.3 is 6.18 Å². The Morgan fingerprint density at radius 2 is 1.77 bits per heavy atom. The van der Waals surface area contributed by atoms with Crippen molar-refractivity contribution in [2.45, 2.75) is 43.3 Å². The SMILES string of the molecule is N[C@@](c1ccc(F)c(F)c1)(c1ccc(CN2CCC3(CC2)OCc2ccncc23)cn1)C(F)(F)F. The summed E-state index contributed by atoms with van der Waals surface area (Å²) in [7, 11) is 0. The summed E-state index contributed by atoms with van der Waals surface area (Å²) < 4.78 is 75.2. The highest BCUT2D eigenvalue weighted by molar-refractivity contribution is 5.38. The maximum atomic E-state index is 14.0. The molecule has 1 spiro atoms. The Hall–Kier alpha value is -2.95. The van der Waals surface area contributed by atoms with E-state index < -0.39 is 34.6 Å². The zero-order valence-corrected chi connectivity index (χ0v) is 18.7. The maximum absolute atomic E-state index is 14.0. The average Bonchev–Trinajstić information content (AvgIpc) is 3.20. The van der Waals surface area contributed by atoms with Crippen LogP contribution >= 0.6 is 0 Å². The number of halogens is 5. The first-order valence-corrected chi connectivity index (χ1v) is 11.2. The number of ether oxygens (including phenoxy) is 1. The molecule has 0 amide bonds. The molecule has 1 atom stereocenters. The van der Waals surface area contributed by atoms with Gasteiger partial charge in [-0.2, -0.15) is 13.2 Å². The van der Waals surface area contributed by atoms with Crippen LogP contribution in [0.1, 0.15) is 40.8 Å². The van der Waals surface area contributed by atoms with Crippen molar-refractivity contribution >= 4 is 0 Å². The van der Waals surface area contributed by atoms with Crippen LogP contribution in [-0.4, -0.2) is 34.1 Å². The smallest absolute Gasteiger partial charge is 0.365 e. The van der Waals surface area contributed by atoms with E-state index in [-0.39, 0.29) is 5.60 Å². The van der Waals surface area contributed by atoms with Crippen LogP contribution in [-0.2, 0) is 29.0 Å². The predicted molar refractivity (Wildman–Crippen MR) is 117 cm³/mol. The van der Waals surface area contributed by atoms with Gasteiger partial charge in [0.2, 0.25) is 0 Å². The molecule has 5 rings (SSSR count). The number of hydrogen-bond acceptors (Lipinski definition) is 5. The molecule has 1 saturated heterocycles. The summed E-state index contributed by atoms with van der Waals surface area (Å²) in [6, 6.07) is 6.60. The normalized spacial score (nSPS) is 19.5. The van der Waals surface area contributed by atoms with Gasteiger partial charge in [0.25, 0.3) is 0 Å². The first-order chi connectivity index (χ1) is 16.6. The summed E-state index contributed by atoms with van der Waals surface area (Å²) >= 11 is 0. The molecule has 184 valence electrons. The maximum Gasteiger partial charge on any atom is 0.416 e. The lowest BCUT2D eigenvalue weighted by atomic mass is 9.84. The number of aromatic nitrogens is 2. The average molecular weight is 490 g/mol. The van der Waals surface area contributed by atoms with Crippen LogP contribution in [0.15, 0.2) is 55.0 Å². The van der Waals surface area contributed by atoms with Gasteiger partial charge in [-0.05, 0) is 53.8 Å². The monoisotopic (exact) mass is 490 g/mol. The molecule has 2 aliphatic rings. The zero-order valence-electron chi connectivity index (χ0n) is 18.7. The molecule has 0 saturated carbocycles. The third-order valence-electron chi connectivity index (χ3n) is 7.03. The number of hydrogen-bond donors (Lipinski definition) is 1. The number of fused-ring (bicyclic) bond motifs is 2. The van der Waals surface area contributed by atoms with Gasteiger partial charge < -0.3 is 10.5 Å². The van der Waals surface area contributed by atoms with E-state index in [0.29, 0.717) is 30.8 Å². The van der Waals surface area contributed by atoms with Gasteiger partial charge in [-0.25, -0.2) is 8.78 Å². The molecular formula is C25H23F5N4O. The van der Waals surface area contributed by atoms with Crippen LogP contribution in [0.5, 0.6) is 0 Å². The van der Waals surface area contributed by atoms with E-state index in [1.807, 2.05) is 12.3 Å². The lowest BCUT2D eigenvalue weighted by Gasteiger charge is -2.39. The van der Waals surface area contributed by atoms with Gasteiger partial charge in [0.05, 0.1) is 17.9 Å². The minimum atomic E-state index is -4.99. The fourth-order valence-corrected chi connectivity index (χ4v) is 4.95. The second kappa shape index (κ2) is 8.61. The van der Waals surface area contributed by atoms with Gasteiger partial charge in [-0.15, -0.1) is 0 Å². The molecule has 35 heavy (non-hydrogen) atoms. The van der Waals surface area contributed by atoms with Crippen molar-refractivity contribution in [1.82, 2.24) is 14.9 Å². The highest BCUT2D eigenvalue weighted by Gasteiger charge is 2.56. The summed E-state index contributed by atoms with van der Waals surface area (Å²) in [6.07, 6.45) is 1.56. The summed E-state index contributed by atoms with van der Waals surface area (Å²) in [6.45, 7) is 2.56. The first kappa shape index (κ1) is 23.8. The quantitative estimate of drug-likeness (QED) is 0.544. The molecular weight excluding hydrogens is 467 g/mol. The fourth-order valence-electron chi connectivity index (χ4n) is 4.95. The van der Waals surface area contributed by atoms with Gasteiger partial charge in [0.15, 0.2) is 17.2 Å². The number of pyridine rings is 2. The lowest BCUT2D eigenvalue weighted by Crippen LogP contribution is -2.52. The molecule has 4 heterocycles. The Kier molecular flexibility index (Phi) is 5.85. The van der Waals surface area contributed by atoms with Crippen LogP contribution in [0, 0.1) is 11.6 Å². The highest BCUT2D eigenvalue weighted by Crippen LogP contribution is 2.44. The van der Waals surface area contributed by atoms with Crippen molar-refractivity contribution in [3.63, 3.8) is 0 Å². The molecule has 0 radical (unpaired) electrons. The summed E-state index contributed by atoms with van der Waals surface area (Å²) in [4.78, 5) is 10.4. The Morgan fingerprint density at radius 1 is 1.00 bits per heavy atom. The molecule has 2 N–H and O–H groups in total. The summed E-state index contributed by atoms with van der Waals surface area (Å²) in [5.74, 6) is -2.67. The molecule has 2 aromatic heterocycles. The largest absolute Gasteiger partial charge is 0.416 e. The molecule has 0 aliphatic carbocycles. The van der Waals surface area contributed by atoms with Crippen LogP contribution in [0.3, 0.4) is 0 Å². The summed E-state index contributed by atoms with van der Waals surface area (Å²) in [5.41, 5.74) is 4.23. The Morgan fingerprint density at radius 3 is 2.43 bits per heavy atom. The molecule has 1 fully saturated rings. The molecule has 5 nitrogen and oxygen atoms in total. The van der Waals surface area contributed by atoms with Crippen molar-refractivity contribution in [2.24, 2.45) is 5.73 Å².